The van der Waals surface area contributed by atoms with Gasteiger partial charge in [0.2, 0.25) is 0 Å². The van der Waals surface area contributed by atoms with Crippen molar-refractivity contribution in [3.8, 4) is 0 Å². The Hall–Kier alpha value is -0.540. The molecule has 0 radical (unpaired) electrons. The maximum atomic E-state index is 12.9. The van der Waals surface area contributed by atoms with Crippen molar-refractivity contribution in [2.45, 2.75) is 36.7 Å². The number of thioether (sulfide) groups is 1. The fraction of sp³-hybridized carbons (Fsp3) is 0.538. The van der Waals surface area contributed by atoms with E-state index in [1.807, 2.05) is 6.07 Å². The molecular formula is C13H17FOS. The summed E-state index contributed by atoms with van der Waals surface area (Å²) in [4.78, 5) is 0.894. The fourth-order valence-corrected chi connectivity index (χ4v) is 2.59. The Bertz CT molecular complexity index is 338. The second kappa shape index (κ2) is 5.69. The van der Waals surface area contributed by atoms with Crippen LogP contribution in [0.2, 0.25) is 0 Å². The van der Waals surface area contributed by atoms with Gasteiger partial charge in [-0.1, -0.05) is 18.9 Å². The molecule has 88 valence electrons. The normalized spacial score (nSPS) is 17.4. The number of rotatable bonds is 6. The molecule has 1 atom stereocenters. The first-order chi connectivity index (χ1) is 7.74. The van der Waals surface area contributed by atoms with Crippen molar-refractivity contribution in [2.75, 3.05) is 5.75 Å². The van der Waals surface area contributed by atoms with Gasteiger partial charge in [0.1, 0.15) is 5.82 Å². The third kappa shape index (κ3) is 4.14. The van der Waals surface area contributed by atoms with Crippen LogP contribution in [0.15, 0.2) is 29.2 Å². The first kappa shape index (κ1) is 11.9. The van der Waals surface area contributed by atoms with Gasteiger partial charge in [0.15, 0.2) is 0 Å². The summed E-state index contributed by atoms with van der Waals surface area (Å²) in [6, 6.07) is 6.53. The molecule has 1 aliphatic rings. The van der Waals surface area contributed by atoms with Crippen LogP contribution in [0.1, 0.15) is 25.7 Å². The molecule has 0 amide bonds. The molecule has 1 aromatic rings. The van der Waals surface area contributed by atoms with Gasteiger partial charge in [-0.15, -0.1) is 11.8 Å². The van der Waals surface area contributed by atoms with Gasteiger partial charge in [0, 0.05) is 10.6 Å². The van der Waals surface area contributed by atoms with Gasteiger partial charge < -0.3 is 5.11 Å². The summed E-state index contributed by atoms with van der Waals surface area (Å²) in [7, 11) is 0. The highest BCUT2D eigenvalue weighted by Crippen LogP contribution is 2.34. The average molecular weight is 240 g/mol. The SMILES string of the molecule is OC(CCC1CC1)CSc1cccc(F)c1. The lowest BCUT2D eigenvalue weighted by molar-refractivity contribution is 0.184. The molecule has 1 N–H and O–H groups in total. The lowest BCUT2D eigenvalue weighted by Crippen LogP contribution is -2.09. The Balaban J connectivity index is 1.69. The van der Waals surface area contributed by atoms with Crippen molar-refractivity contribution in [3.63, 3.8) is 0 Å². The molecule has 1 nitrogen and oxygen atoms in total. The first-order valence-electron chi connectivity index (χ1n) is 5.80. The number of hydrogen-bond acceptors (Lipinski definition) is 2. The Morgan fingerprint density at radius 3 is 2.94 bits per heavy atom. The van der Waals surface area contributed by atoms with E-state index in [0.717, 1.165) is 23.7 Å². The first-order valence-corrected chi connectivity index (χ1v) is 6.79. The van der Waals surface area contributed by atoms with Crippen molar-refractivity contribution >= 4 is 11.8 Å². The largest absolute Gasteiger partial charge is 0.392 e. The molecule has 2 rings (SSSR count). The highest BCUT2D eigenvalue weighted by molar-refractivity contribution is 7.99. The van der Waals surface area contributed by atoms with Gasteiger partial charge in [-0.2, -0.15) is 0 Å². The van der Waals surface area contributed by atoms with Crippen LogP contribution in [0.4, 0.5) is 4.39 Å². The van der Waals surface area contributed by atoms with Crippen molar-refractivity contribution in [1.82, 2.24) is 0 Å². The van der Waals surface area contributed by atoms with E-state index in [2.05, 4.69) is 0 Å². The minimum absolute atomic E-state index is 0.211. The third-order valence-electron chi connectivity index (χ3n) is 2.84. The molecule has 0 saturated heterocycles. The fourth-order valence-electron chi connectivity index (χ4n) is 1.67. The van der Waals surface area contributed by atoms with Crippen molar-refractivity contribution in [1.29, 1.82) is 0 Å². The molecule has 0 heterocycles. The van der Waals surface area contributed by atoms with Crippen LogP contribution in [-0.2, 0) is 0 Å². The quantitative estimate of drug-likeness (QED) is 0.768. The molecule has 0 aliphatic heterocycles. The summed E-state index contributed by atoms with van der Waals surface area (Å²) >= 11 is 1.52. The zero-order valence-corrected chi connectivity index (χ0v) is 10.0. The summed E-state index contributed by atoms with van der Waals surface area (Å²) in [5.41, 5.74) is 0. The zero-order valence-electron chi connectivity index (χ0n) is 9.23. The minimum atomic E-state index is -0.256. The van der Waals surface area contributed by atoms with Crippen molar-refractivity contribution in [2.24, 2.45) is 5.92 Å². The van der Waals surface area contributed by atoms with Gasteiger partial charge in [-0.25, -0.2) is 4.39 Å². The zero-order chi connectivity index (χ0) is 11.4. The molecule has 0 bridgehead atoms. The number of aliphatic hydroxyl groups excluding tert-OH is 1. The standard InChI is InChI=1S/C13H17FOS/c14-11-2-1-3-13(8-11)16-9-12(15)7-6-10-4-5-10/h1-3,8,10,12,15H,4-7,9H2. The van der Waals surface area contributed by atoms with Crippen LogP contribution in [0.25, 0.3) is 0 Å². The summed E-state index contributed by atoms with van der Waals surface area (Å²) < 4.78 is 12.9. The van der Waals surface area contributed by atoms with Crippen LogP contribution in [0, 0.1) is 11.7 Å². The van der Waals surface area contributed by atoms with Gasteiger partial charge in [-0.05, 0) is 37.0 Å². The smallest absolute Gasteiger partial charge is 0.124 e. The van der Waals surface area contributed by atoms with Crippen LogP contribution >= 0.6 is 11.8 Å². The van der Waals surface area contributed by atoms with Gasteiger partial charge in [0.05, 0.1) is 6.10 Å². The van der Waals surface area contributed by atoms with Crippen LogP contribution in [0.5, 0.6) is 0 Å². The highest BCUT2D eigenvalue weighted by atomic mass is 32.2. The molecular weight excluding hydrogens is 223 g/mol. The number of halogens is 1. The highest BCUT2D eigenvalue weighted by Gasteiger charge is 2.21. The summed E-state index contributed by atoms with van der Waals surface area (Å²) in [5, 5.41) is 9.74. The van der Waals surface area contributed by atoms with E-state index in [0.29, 0.717) is 5.75 Å². The average Bonchev–Trinajstić information content (AvgIpc) is 3.07. The molecule has 1 fully saturated rings. The minimum Gasteiger partial charge on any atom is -0.392 e. The maximum Gasteiger partial charge on any atom is 0.124 e. The molecule has 3 heteroatoms. The van der Waals surface area contributed by atoms with E-state index in [9.17, 15) is 9.50 Å². The number of hydrogen-bond donors (Lipinski definition) is 1. The van der Waals surface area contributed by atoms with E-state index in [1.54, 1.807) is 6.07 Å². The van der Waals surface area contributed by atoms with E-state index in [4.69, 9.17) is 0 Å². The van der Waals surface area contributed by atoms with E-state index in [1.165, 1.54) is 36.7 Å². The lowest BCUT2D eigenvalue weighted by atomic mass is 10.1. The molecule has 0 spiro atoms. The molecule has 16 heavy (non-hydrogen) atoms. The van der Waals surface area contributed by atoms with Crippen LogP contribution < -0.4 is 0 Å². The Morgan fingerprint density at radius 1 is 1.44 bits per heavy atom. The van der Waals surface area contributed by atoms with E-state index >= 15 is 0 Å². The summed E-state index contributed by atoms with van der Waals surface area (Å²) in [6.07, 6.45) is 4.44. The second-order valence-electron chi connectivity index (χ2n) is 4.44. The molecule has 1 unspecified atom stereocenters. The van der Waals surface area contributed by atoms with Crippen LogP contribution in [-0.4, -0.2) is 17.0 Å². The van der Waals surface area contributed by atoms with Gasteiger partial charge >= 0.3 is 0 Å². The third-order valence-corrected chi connectivity index (χ3v) is 3.98. The van der Waals surface area contributed by atoms with Crippen molar-refractivity contribution < 1.29 is 9.50 Å². The Labute approximate surface area is 100 Å². The predicted molar refractivity (Wildman–Crippen MR) is 65.1 cm³/mol. The van der Waals surface area contributed by atoms with E-state index < -0.39 is 0 Å². The van der Waals surface area contributed by atoms with Crippen molar-refractivity contribution in [3.05, 3.63) is 30.1 Å². The van der Waals surface area contributed by atoms with Gasteiger partial charge in [-0.3, -0.25) is 0 Å². The summed E-state index contributed by atoms with van der Waals surface area (Å²) in [6.45, 7) is 0. The van der Waals surface area contributed by atoms with Gasteiger partial charge in [0.25, 0.3) is 0 Å². The lowest BCUT2D eigenvalue weighted by Gasteiger charge is -2.09. The Morgan fingerprint density at radius 2 is 2.25 bits per heavy atom. The predicted octanol–water partition coefficient (Wildman–Crippen LogP) is 3.47. The second-order valence-corrected chi connectivity index (χ2v) is 5.54. The monoisotopic (exact) mass is 240 g/mol. The van der Waals surface area contributed by atoms with E-state index in [-0.39, 0.29) is 11.9 Å². The number of benzene rings is 1. The molecule has 1 saturated carbocycles. The maximum absolute atomic E-state index is 12.9. The molecule has 0 aromatic heterocycles. The topological polar surface area (TPSA) is 20.2 Å². The molecule has 1 aromatic carbocycles. The summed E-state index contributed by atoms with van der Waals surface area (Å²) in [5.74, 6) is 1.32. The molecule has 1 aliphatic carbocycles. The Kier molecular flexibility index (Phi) is 4.24. The van der Waals surface area contributed by atoms with Crippen LogP contribution in [0.3, 0.4) is 0 Å². The number of aliphatic hydroxyl groups is 1.